The van der Waals surface area contributed by atoms with Crippen molar-refractivity contribution in [2.24, 2.45) is 0 Å². The zero-order valence-corrected chi connectivity index (χ0v) is 14.5. The van der Waals surface area contributed by atoms with Crippen molar-refractivity contribution in [3.8, 4) is 0 Å². The molecule has 0 aliphatic heterocycles. The topological polar surface area (TPSA) is 96.9 Å². The molecule has 8 heteroatoms. The maximum absolute atomic E-state index is 12.4. The molecule has 2 amide bonds. The number of carbonyl (C=O) groups is 2. The van der Waals surface area contributed by atoms with Crippen molar-refractivity contribution >= 4 is 35.1 Å². The molecule has 0 fully saturated rings. The maximum atomic E-state index is 12.4. The third-order valence-corrected chi connectivity index (χ3v) is 3.65. The maximum Gasteiger partial charge on any atom is 0.279 e. The summed E-state index contributed by atoms with van der Waals surface area (Å²) in [6.07, 6.45) is 4.17. The lowest BCUT2D eigenvalue weighted by Crippen LogP contribution is -2.21. The molecule has 0 radical (unpaired) electrons. The molecule has 0 bridgehead atoms. The lowest BCUT2D eigenvalue weighted by Gasteiger charge is -2.09. The molecule has 0 aliphatic rings. The van der Waals surface area contributed by atoms with E-state index in [0.717, 1.165) is 5.56 Å². The second kappa shape index (κ2) is 7.71. The molecule has 0 saturated heterocycles. The van der Waals surface area contributed by atoms with Crippen LogP contribution < -0.4 is 10.6 Å². The normalized spacial score (nSPS) is 10.2. The summed E-state index contributed by atoms with van der Waals surface area (Å²) in [5, 5.41) is 5.64. The molecular formula is C18H14ClN5O2. The first-order valence-corrected chi connectivity index (χ1v) is 8.02. The summed E-state index contributed by atoms with van der Waals surface area (Å²) in [6.45, 7) is 1.93. The molecule has 7 nitrogen and oxygen atoms in total. The second-order valence-corrected chi connectivity index (χ2v) is 5.83. The lowest BCUT2D eigenvalue weighted by atomic mass is 10.1. The third kappa shape index (κ3) is 4.20. The molecule has 26 heavy (non-hydrogen) atoms. The van der Waals surface area contributed by atoms with Gasteiger partial charge in [-0.15, -0.1) is 0 Å². The molecule has 3 aromatic rings. The smallest absolute Gasteiger partial charge is 0.279 e. The third-order valence-electron chi connectivity index (χ3n) is 3.43. The van der Waals surface area contributed by atoms with Gasteiger partial charge in [0, 0.05) is 24.2 Å². The fourth-order valence-electron chi connectivity index (χ4n) is 2.11. The summed E-state index contributed by atoms with van der Waals surface area (Å²) in [5.41, 5.74) is 1.47. The van der Waals surface area contributed by atoms with Gasteiger partial charge in [0.15, 0.2) is 11.5 Å². The van der Waals surface area contributed by atoms with Crippen molar-refractivity contribution in [1.29, 1.82) is 0 Å². The van der Waals surface area contributed by atoms with Gasteiger partial charge in [-0.1, -0.05) is 29.3 Å². The van der Waals surface area contributed by atoms with Crippen LogP contribution in [-0.4, -0.2) is 26.8 Å². The Balaban J connectivity index is 1.79. The molecule has 0 aliphatic carbocycles. The highest BCUT2D eigenvalue weighted by Gasteiger charge is 2.17. The van der Waals surface area contributed by atoms with E-state index in [2.05, 4.69) is 25.6 Å². The molecule has 0 atom stereocenters. The van der Waals surface area contributed by atoms with Crippen LogP contribution in [0.3, 0.4) is 0 Å². The van der Waals surface area contributed by atoms with E-state index in [1.807, 2.05) is 19.1 Å². The lowest BCUT2D eigenvalue weighted by molar-refractivity contribution is 0.102. The predicted molar refractivity (Wildman–Crippen MR) is 98.4 cm³/mol. The van der Waals surface area contributed by atoms with Crippen LogP contribution in [0.2, 0.25) is 5.02 Å². The van der Waals surface area contributed by atoms with Gasteiger partial charge in [-0.2, -0.15) is 0 Å². The number of aryl methyl sites for hydroxylation is 1. The Hall–Kier alpha value is -3.32. The standard InChI is InChI=1S/C18H14ClN5O2/c1-11-2-4-12(5-3-11)17(25)24-16-15(20-8-9-21-16)18(26)23-14-7-6-13(19)10-22-14/h2-10H,1H3,(H,21,24,25)(H,22,23,26). The molecule has 2 heterocycles. The highest BCUT2D eigenvalue weighted by molar-refractivity contribution is 6.30. The zero-order valence-electron chi connectivity index (χ0n) is 13.7. The number of benzene rings is 1. The summed E-state index contributed by atoms with van der Waals surface area (Å²) in [4.78, 5) is 36.8. The molecule has 3 rings (SSSR count). The van der Waals surface area contributed by atoms with Crippen LogP contribution in [-0.2, 0) is 0 Å². The highest BCUT2D eigenvalue weighted by Crippen LogP contribution is 2.14. The Morgan fingerprint density at radius 2 is 1.62 bits per heavy atom. The second-order valence-electron chi connectivity index (χ2n) is 5.39. The molecule has 2 aromatic heterocycles. The van der Waals surface area contributed by atoms with E-state index in [1.54, 1.807) is 24.3 Å². The Labute approximate surface area is 154 Å². The van der Waals surface area contributed by atoms with Gasteiger partial charge in [-0.05, 0) is 31.2 Å². The first-order chi connectivity index (χ1) is 12.5. The van der Waals surface area contributed by atoms with E-state index >= 15 is 0 Å². The Morgan fingerprint density at radius 1 is 0.885 bits per heavy atom. The van der Waals surface area contributed by atoms with Crippen molar-refractivity contribution in [1.82, 2.24) is 15.0 Å². The summed E-state index contributed by atoms with van der Waals surface area (Å²) >= 11 is 5.77. The van der Waals surface area contributed by atoms with Crippen LogP contribution in [0, 0.1) is 6.92 Å². The van der Waals surface area contributed by atoms with Crippen molar-refractivity contribution in [2.45, 2.75) is 6.92 Å². The fraction of sp³-hybridized carbons (Fsp3) is 0.0556. The number of hydrogen-bond donors (Lipinski definition) is 2. The van der Waals surface area contributed by atoms with E-state index in [-0.39, 0.29) is 17.4 Å². The highest BCUT2D eigenvalue weighted by atomic mass is 35.5. The number of anilines is 2. The number of halogens is 1. The van der Waals surface area contributed by atoms with Gasteiger partial charge in [-0.3, -0.25) is 9.59 Å². The van der Waals surface area contributed by atoms with Gasteiger partial charge in [0.1, 0.15) is 5.82 Å². The van der Waals surface area contributed by atoms with Crippen molar-refractivity contribution < 1.29 is 9.59 Å². The monoisotopic (exact) mass is 367 g/mol. The average Bonchev–Trinajstić information content (AvgIpc) is 2.64. The molecule has 130 valence electrons. The Bertz CT molecular complexity index is 943. The van der Waals surface area contributed by atoms with Crippen LogP contribution in [0.4, 0.5) is 11.6 Å². The van der Waals surface area contributed by atoms with Crippen molar-refractivity contribution in [3.05, 3.63) is 76.8 Å². The largest absolute Gasteiger partial charge is 0.305 e. The van der Waals surface area contributed by atoms with Gasteiger partial charge in [-0.25, -0.2) is 15.0 Å². The molecule has 0 saturated carbocycles. The SMILES string of the molecule is Cc1ccc(C(=O)Nc2nccnc2C(=O)Nc2ccc(Cl)cn2)cc1. The fourth-order valence-corrected chi connectivity index (χ4v) is 2.22. The number of rotatable bonds is 4. The van der Waals surface area contributed by atoms with Gasteiger partial charge in [0.05, 0.1) is 5.02 Å². The van der Waals surface area contributed by atoms with Crippen molar-refractivity contribution in [2.75, 3.05) is 10.6 Å². The summed E-state index contributed by atoms with van der Waals surface area (Å²) in [5.74, 6) is -0.568. The molecule has 0 unspecified atom stereocenters. The van der Waals surface area contributed by atoms with Crippen molar-refractivity contribution in [3.63, 3.8) is 0 Å². The number of aromatic nitrogens is 3. The van der Waals surface area contributed by atoms with Gasteiger partial charge in [0.25, 0.3) is 11.8 Å². The van der Waals surface area contributed by atoms with E-state index in [0.29, 0.717) is 16.4 Å². The number of pyridine rings is 1. The van der Waals surface area contributed by atoms with Crippen LogP contribution in [0.1, 0.15) is 26.4 Å². The Morgan fingerprint density at radius 3 is 2.31 bits per heavy atom. The van der Waals surface area contributed by atoms with Crippen LogP contribution in [0.25, 0.3) is 0 Å². The van der Waals surface area contributed by atoms with E-state index in [9.17, 15) is 9.59 Å². The Kier molecular flexibility index (Phi) is 5.19. The summed E-state index contributed by atoms with van der Waals surface area (Å²) in [7, 11) is 0. The molecular weight excluding hydrogens is 354 g/mol. The minimum absolute atomic E-state index is 0.0234. The van der Waals surface area contributed by atoms with E-state index < -0.39 is 5.91 Å². The minimum atomic E-state index is -0.549. The predicted octanol–water partition coefficient (Wildman–Crippen LogP) is 3.34. The van der Waals surface area contributed by atoms with Crippen LogP contribution in [0.5, 0.6) is 0 Å². The zero-order chi connectivity index (χ0) is 18.5. The molecule has 1 aromatic carbocycles. The van der Waals surface area contributed by atoms with Crippen LogP contribution >= 0.6 is 11.6 Å². The summed E-state index contributed by atoms with van der Waals surface area (Å²) in [6, 6.07) is 10.2. The minimum Gasteiger partial charge on any atom is -0.305 e. The first-order valence-electron chi connectivity index (χ1n) is 7.65. The number of hydrogen-bond acceptors (Lipinski definition) is 5. The number of carbonyl (C=O) groups excluding carboxylic acids is 2. The van der Waals surface area contributed by atoms with Crippen LogP contribution in [0.15, 0.2) is 55.0 Å². The average molecular weight is 368 g/mol. The number of amides is 2. The van der Waals surface area contributed by atoms with Gasteiger partial charge >= 0.3 is 0 Å². The number of nitrogens with zero attached hydrogens (tertiary/aromatic N) is 3. The summed E-state index contributed by atoms with van der Waals surface area (Å²) < 4.78 is 0. The molecule has 0 spiro atoms. The molecule has 2 N–H and O–H groups in total. The quantitative estimate of drug-likeness (QED) is 0.737. The number of nitrogens with one attached hydrogen (secondary N) is 2. The van der Waals surface area contributed by atoms with Gasteiger partial charge in [0.2, 0.25) is 0 Å². The van der Waals surface area contributed by atoms with Gasteiger partial charge < -0.3 is 10.6 Å². The van der Waals surface area contributed by atoms with E-state index in [1.165, 1.54) is 18.6 Å². The van der Waals surface area contributed by atoms with E-state index in [4.69, 9.17) is 11.6 Å². The first kappa shape index (κ1) is 17.5.